The van der Waals surface area contributed by atoms with Crippen molar-refractivity contribution in [3.05, 3.63) is 115 Å². The first-order chi connectivity index (χ1) is 21.2. The highest BCUT2D eigenvalue weighted by Crippen LogP contribution is 2.38. The van der Waals surface area contributed by atoms with Crippen LogP contribution in [-0.2, 0) is 20.2 Å². The van der Waals surface area contributed by atoms with E-state index in [-0.39, 0.29) is 60.6 Å². The zero-order chi connectivity index (χ0) is 32.4. The Bertz CT molecular complexity index is 2680. The summed E-state index contributed by atoms with van der Waals surface area (Å²) >= 11 is 0. The number of nitrogens with zero attached hydrogens (tertiary/aromatic N) is 1. The van der Waals surface area contributed by atoms with E-state index in [1.165, 1.54) is 49.4 Å². The number of aromatic nitrogens is 1. The molecule has 0 aromatic heterocycles. The van der Waals surface area contributed by atoms with Gasteiger partial charge in [-0.25, -0.2) is 4.98 Å². The quantitative estimate of drug-likeness (QED) is 0.190. The molecule has 0 amide bonds. The predicted octanol–water partition coefficient (Wildman–Crippen LogP) is 4.01. The average Bonchev–Trinajstić information content (AvgIpc) is 2.96. The zero-order valence-corrected chi connectivity index (χ0v) is 25.0. The van der Waals surface area contributed by atoms with Gasteiger partial charge in [0.25, 0.3) is 25.8 Å². The molecule has 0 unspecified atom stereocenters. The molecule has 12 nitrogen and oxygen atoms in total. The molecule has 1 heterocycles. The molecule has 1 aliphatic carbocycles. The van der Waals surface area contributed by atoms with Gasteiger partial charge in [-0.3, -0.25) is 18.7 Å². The summed E-state index contributed by atoms with van der Waals surface area (Å²) in [6.07, 6.45) is 0. The molecule has 14 heteroatoms. The van der Waals surface area contributed by atoms with Crippen molar-refractivity contribution < 1.29 is 35.8 Å². The fraction of sp³-hybridized carbons (Fsp3) is 0.0645. The predicted molar refractivity (Wildman–Crippen MR) is 166 cm³/mol. The molecule has 0 atom stereocenters. The lowest BCUT2D eigenvalue weighted by molar-refractivity contribution is 0.452. The van der Waals surface area contributed by atoms with Crippen molar-refractivity contribution in [3.63, 3.8) is 0 Å². The smallest absolute Gasteiger partial charge is 0.298 e. The van der Waals surface area contributed by atoms with Gasteiger partial charge < -0.3 is 15.2 Å². The highest BCUT2D eigenvalue weighted by molar-refractivity contribution is 7.86. The molecule has 0 bridgehead atoms. The second-order valence-corrected chi connectivity index (χ2v) is 13.1. The fourth-order valence-corrected chi connectivity index (χ4v) is 6.75. The van der Waals surface area contributed by atoms with Crippen molar-refractivity contribution in [1.29, 1.82) is 0 Å². The number of hydrogen-bond acceptors (Lipinski definition) is 10. The minimum absolute atomic E-state index is 0.0477. The van der Waals surface area contributed by atoms with Crippen molar-refractivity contribution >= 4 is 59.0 Å². The van der Waals surface area contributed by atoms with Gasteiger partial charge in [0.2, 0.25) is 0 Å². The maximum atomic E-state index is 14.1. The minimum Gasteiger partial charge on any atom is -0.512 e. The SMILES string of the molecule is C/C(O)=c1/c(=O)nc2c(Oc3ccccc3S(=O)(=O)O)cc(Nc3ccc(C)cc3S(=O)(=O)O)c3c2=c1c1ccccc1c3=O. The summed E-state index contributed by atoms with van der Waals surface area (Å²) in [6, 6.07) is 16.9. The molecule has 0 fully saturated rings. The van der Waals surface area contributed by atoms with Crippen LogP contribution in [0.15, 0.2) is 92.2 Å². The number of anilines is 2. The van der Waals surface area contributed by atoms with E-state index >= 15 is 0 Å². The Balaban J connectivity index is 1.85. The van der Waals surface area contributed by atoms with Gasteiger partial charge in [0.1, 0.15) is 26.8 Å². The molecular formula is C31H22N2O10S2. The van der Waals surface area contributed by atoms with Gasteiger partial charge in [-0.15, -0.1) is 0 Å². The van der Waals surface area contributed by atoms with Crippen LogP contribution in [0.25, 0.3) is 27.4 Å². The first kappa shape index (κ1) is 29.9. The summed E-state index contributed by atoms with van der Waals surface area (Å²) in [7, 11) is -9.55. The number of rotatable bonds is 6. The number of para-hydroxylation sites is 1. The van der Waals surface area contributed by atoms with E-state index in [0.29, 0.717) is 10.9 Å². The van der Waals surface area contributed by atoms with Crippen molar-refractivity contribution in [2.24, 2.45) is 0 Å². The van der Waals surface area contributed by atoms with Gasteiger partial charge in [0.05, 0.1) is 22.0 Å². The summed E-state index contributed by atoms with van der Waals surface area (Å²) in [5.74, 6) is -0.979. The van der Waals surface area contributed by atoms with E-state index in [0.717, 1.165) is 6.07 Å². The van der Waals surface area contributed by atoms with Gasteiger partial charge in [-0.2, -0.15) is 16.8 Å². The Hall–Kier alpha value is -5.15. The molecule has 0 radical (unpaired) electrons. The number of nitrogens with one attached hydrogen (secondary N) is 1. The Labute approximate surface area is 254 Å². The van der Waals surface area contributed by atoms with Crippen LogP contribution >= 0.6 is 0 Å². The van der Waals surface area contributed by atoms with Crippen LogP contribution in [0.4, 0.5) is 11.4 Å². The number of fused-ring (bicyclic) bond motifs is 2. The van der Waals surface area contributed by atoms with Crippen molar-refractivity contribution in [2.75, 3.05) is 5.32 Å². The van der Waals surface area contributed by atoms with Crippen molar-refractivity contribution in [1.82, 2.24) is 4.98 Å². The number of hydrogen-bond donors (Lipinski definition) is 4. The number of aryl methyl sites for hydroxylation is 1. The molecule has 2 aliphatic rings. The van der Waals surface area contributed by atoms with Gasteiger partial charge in [0.15, 0.2) is 11.2 Å². The third kappa shape index (κ3) is 5.09. The van der Waals surface area contributed by atoms with Crippen LogP contribution in [0.2, 0.25) is 0 Å². The van der Waals surface area contributed by atoms with Crippen LogP contribution in [0.1, 0.15) is 12.5 Å². The standard InChI is InChI=1S/C31H22N2O10S2/c1-15-11-12-19(24(13-15)45(40,41)42)32-20-14-22(43-21-9-5-6-10-23(21)44(37,38)39)29-28-26(25(16(2)34)31(36)33-29)17-7-3-4-8-18(17)30(35)27(20)28/h3-14,32,34H,1-2H3,(H,37,38,39)(H,40,41,42)/b25-16-. The summed E-state index contributed by atoms with van der Waals surface area (Å²) in [6.45, 7) is 2.90. The normalized spacial score (nSPS) is 13.0. The number of aliphatic hydroxyl groups is 1. The maximum absolute atomic E-state index is 14.1. The lowest BCUT2D eigenvalue weighted by Gasteiger charge is -2.18. The first-order valence-electron chi connectivity index (χ1n) is 13.1. The van der Waals surface area contributed by atoms with Crippen LogP contribution < -0.4 is 26.3 Å². The van der Waals surface area contributed by atoms with Crippen LogP contribution in [0, 0.1) is 17.4 Å². The van der Waals surface area contributed by atoms with Gasteiger partial charge >= 0.3 is 0 Å². The second kappa shape index (κ2) is 10.5. The molecule has 228 valence electrons. The summed E-state index contributed by atoms with van der Waals surface area (Å²) < 4.78 is 74.7. The Morgan fingerprint density at radius 2 is 1.42 bits per heavy atom. The van der Waals surface area contributed by atoms with E-state index in [1.807, 2.05) is 0 Å². The average molecular weight is 647 g/mol. The van der Waals surface area contributed by atoms with Gasteiger partial charge in [-0.1, -0.05) is 42.5 Å². The summed E-state index contributed by atoms with van der Waals surface area (Å²) in [4.78, 5) is 30.6. The third-order valence-corrected chi connectivity index (χ3v) is 9.04. The van der Waals surface area contributed by atoms with Gasteiger partial charge in [-0.05, 0) is 49.1 Å². The molecule has 0 spiro atoms. The molecule has 45 heavy (non-hydrogen) atoms. The summed E-state index contributed by atoms with van der Waals surface area (Å²) in [5, 5.41) is 13.9. The molecule has 0 saturated carbocycles. The third-order valence-electron chi connectivity index (χ3n) is 7.25. The Morgan fingerprint density at radius 3 is 2.09 bits per heavy atom. The largest absolute Gasteiger partial charge is 0.512 e. The van der Waals surface area contributed by atoms with Crippen molar-refractivity contribution in [2.45, 2.75) is 23.6 Å². The Morgan fingerprint density at radius 1 is 0.778 bits per heavy atom. The van der Waals surface area contributed by atoms with Crippen LogP contribution in [0.5, 0.6) is 11.5 Å². The highest BCUT2D eigenvalue weighted by Gasteiger charge is 2.24. The molecule has 0 saturated heterocycles. The van der Waals surface area contributed by atoms with Crippen LogP contribution in [0.3, 0.4) is 0 Å². The van der Waals surface area contributed by atoms with Crippen molar-refractivity contribution in [3.8, 4) is 11.5 Å². The lowest BCUT2D eigenvalue weighted by Crippen LogP contribution is -2.32. The van der Waals surface area contributed by atoms with Gasteiger partial charge in [0, 0.05) is 21.9 Å². The highest BCUT2D eigenvalue weighted by atomic mass is 32.2. The molecule has 4 aromatic rings. The molecule has 4 N–H and O–H groups in total. The summed E-state index contributed by atoms with van der Waals surface area (Å²) in [5.41, 5.74) is -1.25. The monoisotopic (exact) mass is 646 g/mol. The Kier molecular flexibility index (Phi) is 6.97. The minimum atomic E-state index is -4.78. The number of ether oxygens (including phenoxy) is 1. The number of aliphatic hydroxyl groups excluding tert-OH is 1. The molecule has 6 rings (SSSR count). The first-order valence-corrected chi connectivity index (χ1v) is 16.0. The topological polar surface area (TPSA) is 197 Å². The lowest BCUT2D eigenvalue weighted by atomic mass is 9.96. The van der Waals surface area contributed by atoms with E-state index < -0.39 is 41.0 Å². The maximum Gasteiger partial charge on any atom is 0.298 e. The number of benzene rings is 4. The van der Waals surface area contributed by atoms with E-state index in [4.69, 9.17) is 4.74 Å². The second-order valence-electron chi connectivity index (χ2n) is 10.3. The zero-order valence-electron chi connectivity index (χ0n) is 23.4. The van der Waals surface area contributed by atoms with Crippen LogP contribution in [-0.4, -0.2) is 36.0 Å². The van der Waals surface area contributed by atoms with E-state index in [2.05, 4.69) is 10.3 Å². The molecule has 1 aliphatic heterocycles. The molecule has 4 aromatic carbocycles. The fourth-order valence-electron chi connectivity index (χ4n) is 5.40. The van der Waals surface area contributed by atoms with E-state index in [1.54, 1.807) is 31.2 Å². The molecular weight excluding hydrogens is 624 g/mol. The van der Waals surface area contributed by atoms with E-state index in [9.17, 15) is 40.6 Å².